The molecule has 2 aliphatic heterocycles. The fourth-order valence-corrected chi connectivity index (χ4v) is 4.81. The van der Waals surface area contributed by atoms with E-state index in [9.17, 15) is 4.79 Å². The molecule has 2 atom stereocenters. The van der Waals surface area contributed by atoms with Crippen molar-refractivity contribution in [2.75, 3.05) is 32.7 Å². The molecule has 1 aromatic heterocycles. The molecule has 2 fully saturated rings. The highest BCUT2D eigenvalue weighted by atomic mass is 16.5. The lowest BCUT2D eigenvalue weighted by Gasteiger charge is -2.34. The number of piperazine rings is 1. The molecule has 176 valence electrons. The average molecular weight is 457 g/mol. The minimum Gasteiger partial charge on any atom is -0.347 e. The highest BCUT2D eigenvalue weighted by Crippen LogP contribution is 2.29. The molecule has 1 unspecified atom stereocenters. The van der Waals surface area contributed by atoms with Gasteiger partial charge in [-0.2, -0.15) is 0 Å². The Bertz CT molecular complexity index is 1040. The molecule has 0 aliphatic carbocycles. The molecular formula is C28H32N4O2. The van der Waals surface area contributed by atoms with Gasteiger partial charge in [-0.25, -0.2) is 0 Å². The van der Waals surface area contributed by atoms with Crippen molar-refractivity contribution in [3.8, 4) is 0 Å². The summed E-state index contributed by atoms with van der Waals surface area (Å²) in [7, 11) is 0. The van der Waals surface area contributed by atoms with E-state index in [-0.39, 0.29) is 6.10 Å². The molecular weight excluding hydrogens is 424 g/mol. The van der Waals surface area contributed by atoms with Gasteiger partial charge >= 0.3 is 0 Å². The van der Waals surface area contributed by atoms with E-state index in [1.807, 2.05) is 30.5 Å². The number of aromatic nitrogens is 1. The van der Waals surface area contributed by atoms with Crippen LogP contribution in [-0.2, 0) is 29.2 Å². The Balaban J connectivity index is 1.11. The number of carbonyl (C=O) groups excluding carboxylic acids is 1. The first-order valence-electron chi connectivity index (χ1n) is 12.1. The maximum atomic E-state index is 11.6. The number of hydrogen-bond acceptors (Lipinski definition) is 6. The number of nitrogens with zero attached hydrogens (tertiary/aromatic N) is 4. The van der Waals surface area contributed by atoms with Gasteiger partial charge in [0.2, 0.25) is 0 Å². The number of pyridine rings is 1. The molecule has 0 saturated carbocycles. The Morgan fingerprint density at radius 2 is 1.44 bits per heavy atom. The third-order valence-electron chi connectivity index (χ3n) is 6.74. The van der Waals surface area contributed by atoms with E-state index in [4.69, 9.17) is 4.74 Å². The van der Waals surface area contributed by atoms with E-state index >= 15 is 0 Å². The van der Waals surface area contributed by atoms with Crippen LogP contribution in [-0.4, -0.2) is 64.9 Å². The average Bonchev–Trinajstić information content (AvgIpc) is 3.30. The Kier molecular flexibility index (Phi) is 7.41. The van der Waals surface area contributed by atoms with Crippen molar-refractivity contribution < 1.29 is 9.53 Å². The van der Waals surface area contributed by atoms with Gasteiger partial charge in [0.25, 0.3) is 0 Å². The van der Waals surface area contributed by atoms with E-state index < -0.39 is 6.23 Å². The fraction of sp³-hybridized carbons (Fsp3) is 0.357. The summed E-state index contributed by atoms with van der Waals surface area (Å²) >= 11 is 0. The van der Waals surface area contributed by atoms with E-state index in [0.717, 1.165) is 63.4 Å². The van der Waals surface area contributed by atoms with Crippen molar-refractivity contribution in [1.29, 1.82) is 0 Å². The maximum absolute atomic E-state index is 11.6. The lowest BCUT2D eigenvalue weighted by Crippen LogP contribution is -2.45. The summed E-state index contributed by atoms with van der Waals surface area (Å²) in [6.45, 7) is 7.60. The molecule has 3 heterocycles. The van der Waals surface area contributed by atoms with Gasteiger partial charge in [0, 0.05) is 58.6 Å². The Labute approximate surface area is 201 Å². The summed E-state index contributed by atoms with van der Waals surface area (Å²) in [4.78, 5) is 23.2. The van der Waals surface area contributed by atoms with Crippen molar-refractivity contribution in [3.63, 3.8) is 0 Å². The Hall–Kier alpha value is -2.90. The highest BCUT2D eigenvalue weighted by Gasteiger charge is 2.33. The summed E-state index contributed by atoms with van der Waals surface area (Å²) < 4.78 is 6.00. The molecule has 0 N–H and O–H groups in total. The van der Waals surface area contributed by atoms with Gasteiger partial charge in [-0.3, -0.25) is 24.5 Å². The molecule has 2 aromatic carbocycles. The molecule has 0 radical (unpaired) electrons. The lowest BCUT2D eigenvalue weighted by atomic mass is 10.1. The topological polar surface area (TPSA) is 48.9 Å². The quantitative estimate of drug-likeness (QED) is 0.484. The third kappa shape index (κ3) is 5.77. The second-order valence-electron chi connectivity index (χ2n) is 9.18. The number of rotatable bonds is 8. The van der Waals surface area contributed by atoms with Gasteiger partial charge in [0.15, 0.2) is 12.5 Å². The van der Waals surface area contributed by atoms with E-state index in [2.05, 4.69) is 68.2 Å². The first-order chi connectivity index (χ1) is 16.8. The molecule has 5 rings (SSSR count). The summed E-state index contributed by atoms with van der Waals surface area (Å²) in [5.74, 6) is 0. The molecule has 0 spiro atoms. The summed E-state index contributed by atoms with van der Waals surface area (Å²) in [6.07, 6.45) is 2.22. The predicted octanol–water partition coefficient (Wildman–Crippen LogP) is 3.50. The fourth-order valence-electron chi connectivity index (χ4n) is 4.81. The van der Waals surface area contributed by atoms with Crippen molar-refractivity contribution in [2.24, 2.45) is 0 Å². The molecule has 6 nitrogen and oxygen atoms in total. The number of aldehydes is 1. The minimum atomic E-state index is -0.493. The first kappa shape index (κ1) is 22.9. The van der Waals surface area contributed by atoms with E-state index in [0.29, 0.717) is 6.54 Å². The number of carbonyl (C=O) groups is 1. The Morgan fingerprint density at radius 3 is 2.09 bits per heavy atom. The zero-order valence-corrected chi connectivity index (χ0v) is 19.5. The predicted molar refractivity (Wildman–Crippen MR) is 132 cm³/mol. The zero-order valence-electron chi connectivity index (χ0n) is 19.5. The summed E-state index contributed by atoms with van der Waals surface area (Å²) in [6, 6.07) is 25.1. The highest BCUT2D eigenvalue weighted by molar-refractivity contribution is 5.56. The molecule has 2 saturated heterocycles. The number of ether oxygens (including phenoxy) is 1. The van der Waals surface area contributed by atoms with Crippen LogP contribution in [0.3, 0.4) is 0 Å². The number of benzene rings is 2. The zero-order chi connectivity index (χ0) is 23.2. The van der Waals surface area contributed by atoms with Crippen LogP contribution < -0.4 is 0 Å². The molecule has 6 heteroatoms. The van der Waals surface area contributed by atoms with Crippen molar-refractivity contribution in [2.45, 2.75) is 32.0 Å². The van der Waals surface area contributed by atoms with Crippen molar-refractivity contribution in [3.05, 3.63) is 101 Å². The normalized spacial score (nSPS) is 22.1. The standard InChI is InChI=1S/C28H32N4O2/c33-22-28-32(21-27(34-28)25-6-2-1-3-7-25)19-24-11-9-23(10-12-24)18-30-14-16-31(17-15-30)20-26-8-4-5-13-29-26/h1-13,22,27-28H,14-21H2/t27-,28?/m0/s1. The van der Waals surface area contributed by atoms with E-state index in [1.165, 1.54) is 11.1 Å². The van der Waals surface area contributed by atoms with Crippen LogP contribution in [0.1, 0.15) is 28.5 Å². The molecule has 3 aromatic rings. The second kappa shape index (κ2) is 11.0. The van der Waals surface area contributed by atoms with Crippen LogP contribution in [0.5, 0.6) is 0 Å². The van der Waals surface area contributed by atoms with Gasteiger partial charge in [0.05, 0.1) is 11.8 Å². The van der Waals surface area contributed by atoms with Gasteiger partial charge < -0.3 is 4.74 Å². The van der Waals surface area contributed by atoms with Crippen LogP contribution in [0.25, 0.3) is 0 Å². The Morgan fingerprint density at radius 1 is 0.794 bits per heavy atom. The maximum Gasteiger partial charge on any atom is 0.168 e. The molecule has 0 amide bonds. The monoisotopic (exact) mass is 456 g/mol. The number of hydrogen-bond donors (Lipinski definition) is 0. The largest absolute Gasteiger partial charge is 0.347 e. The smallest absolute Gasteiger partial charge is 0.168 e. The SMILES string of the molecule is O=CC1O[C@H](c2ccccc2)CN1Cc1ccc(CN2CCN(Cc3ccccn3)CC2)cc1. The summed E-state index contributed by atoms with van der Waals surface area (Å²) in [5.41, 5.74) is 4.79. The van der Waals surface area contributed by atoms with Crippen LogP contribution in [0.15, 0.2) is 79.0 Å². The van der Waals surface area contributed by atoms with Gasteiger partial charge in [-0.1, -0.05) is 60.7 Å². The molecule has 0 bridgehead atoms. The summed E-state index contributed by atoms with van der Waals surface area (Å²) in [5, 5.41) is 0. The second-order valence-corrected chi connectivity index (χ2v) is 9.18. The van der Waals surface area contributed by atoms with Gasteiger partial charge in [-0.15, -0.1) is 0 Å². The van der Waals surface area contributed by atoms with Crippen LogP contribution >= 0.6 is 0 Å². The van der Waals surface area contributed by atoms with Crippen LogP contribution in [0.4, 0.5) is 0 Å². The van der Waals surface area contributed by atoms with Crippen molar-refractivity contribution >= 4 is 6.29 Å². The minimum absolute atomic E-state index is 0.0630. The van der Waals surface area contributed by atoms with Gasteiger partial charge in [-0.05, 0) is 28.8 Å². The van der Waals surface area contributed by atoms with Crippen LogP contribution in [0.2, 0.25) is 0 Å². The molecule has 34 heavy (non-hydrogen) atoms. The molecule has 2 aliphatic rings. The van der Waals surface area contributed by atoms with E-state index in [1.54, 1.807) is 0 Å². The van der Waals surface area contributed by atoms with Crippen molar-refractivity contribution in [1.82, 2.24) is 19.7 Å². The lowest BCUT2D eigenvalue weighted by molar-refractivity contribution is -0.123. The third-order valence-corrected chi connectivity index (χ3v) is 6.74. The van der Waals surface area contributed by atoms with Gasteiger partial charge in [0.1, 0.15) is 0 Å². The van der Waals surface area contributed by atoms with Crippen LogP contribution in [0, 0.1) is 0 Å². The first-order valence-corrected chi connectivity index (χ1v) is 12.1.